The molecule has 1 unspecified atom stereocenters. The first-order chi connectivity index (χ1) is 10.3. The van der Waals surface area contributed by atoms with Crippen molar-refractivity contribution in [1.82, 2.24) is 9.36 Å². The molecule has 2 fully saturated rings. The lowest BCUT2D eigenvalue weighted by molar-refractivity contribution is 0.414. The average molecular weight is 301 g/mol. The number of hydrogen-bond donors (Lipinski definition) is 0. The van der Waals surface area contributed by atoms with E-state index in [9.17, 15) is 0 Å². The van der Waals surface area contributed by atoms with Crippen molar-refractivity contribution < 1.29 is 4.74 Å². The van der Waals surface area contributed by atoms with Crippen molar-refractivity contribution in [3.05, 3.63) is 35.7 Å². The molecule has 5 heteroatoms. The molecule has 0 bridgehead atoms. The van der Waals surface area contributed by atoms with E-state index in [0.29, 0.717) is 12.0 Å². The first-order valence-electron chi connectivity index (χ1n) is 7.59. The predicted octanol–water partition coefficient (Wildman–Crippen LogP) is 3.77. The summed E-state index contributed by atoms with van der Waals surface area (Å²) in [5, 5.41) is 1.09. The highest BCUT2D eigenvalue weighted by molar-refractivity contribution is 7.09. The quantitative estimate of drug-likeness (QED) is 0.861. The van der Waals surface area contributed by atoms with E-state index in [2.05, 4.69) is 27.5 Å². The van der Waals surface area contributed by atoms with Crippen molar-refractivity contribution >= 4 is 16.7 Å². The van der Waals surface area contributed by atoms with Gasteiger partial charge in [0.25, 0.3) is 0 Å². The van der Waals surface area contributed by atoms with Gasteiger partial charge in [0.05, 0.1) is 13.2 Å². The third-order valence-corrected chi connectivity index (χ3v) is 5.12. The highest BCUT2D eigenvalue weighted by Gasteiger charge is 2.32. The van der Waals surface area contributed by atoms with Crippen LogP contribution in [0.3, 0.4) is 0 Å². The molecule has 110 valence electrons. The van der Waals surface area contributed by atoms with Gasteiger partial charge in [0.1, 0.15) is 11.6 Å². The highest BCUT2D eigenvalue weighted by atomic mass is 32.1. The van der Waals surface area contributed by atoms with Gasteiger partial charge in [0.15, 0.2) is 0 Å². The van der Waals surface area contributed by atoms with Gasteiger partial charge in [-0.25, -0.2) is 4.98 Å². The molecule has 1 aliphatic carbocycles. The fourth-order valence-electron chi connectivity index (χ4n) is 3.04. The van der Waals surface area contributed by atoms with Gasteiger partial charge in [-0.2, -0.15) is 4.37 Å². The molecule has 21 heavy (non-hydrogen) atoms. The van der Waals surface area contributed by atoms with E-state index < -0.39 is 0 Å². The van der Waals surface area contributed by atoms with Gasteiger partial charge < -0.3 is 9.64 Å². The third kappa shape index (κ3) is 2.50. The summed E-state index contributed by atoms with van der Waals surface area (Å²) >= 11 is 1.56. The van der Waals surface area contributed by atoms with Gasteiger partial charge in [-0.3, -0.25) is 0 Å². The lowest BCUT2D eigenvalue weighted by atomic mass is 10.0. The third-order valence-electron chi connectivity index (χ3n) is 4.35. The molecule has 0 spiro atoms. The molecular weight excluding hydrogens is 282 g/mol. The number of methoxy groups -OCH3 is 1. The van der Waals surface area contributed by atoms with Gasteiger partial charge in [-0.05, 0) is 43.4 Å². The van der Waals surface area contributed by atoms with Crippen LogP contribution < -0.4 is 9.64 Å². The Morgan fingerprint density at radius 3 is 3.00 bits per heavy atom. The van der Waals surface area contributed by atoms with E-state index in [-0.39, 0.29) is 0 Å². The molecule has 1 saturated heterocycles. The molecule has 0 N–H and O–H groups in total. The van der Waals surface area contributed by atoms with Crippen LogP contribution in [0.5, 0.6) is 5.75 Å². The Morgan fingerprint density at radius 2 is 2.19 bits per heavy atom. The molecule has 1 aromatic heterocycles. The van der Waals surface area contributed by atoms with Crippen LogP contribution in [0, 0.1) is 0 Å². The molecule has 0 amide bonds. The van der Waals surface area contributed by atoms with Gasteiger partial charge in [0, 0.05) is 24.0 Å². The number of anilines is 1. The number of rotatable bonds is 4. The normalized spacial score (nSPS) is 21.8. The van der Waals surface area contributed by atoms with Crippen molar-refractivity contribution in [3.8, 4) is 5.75 Å². The Bertz CT molecular complexity index is 638. The summed E-state index contributed by atoms with van der Waals surface area (Å²) < 4.78 is 9.90. The van der Waals surface area contributed by atoms with Gasteiger partial charge >= 0.3 is 0 Å². The fraction of sp³-hybridized carbons (Fsp3) is 0.500. The van der Waals surface area contributed by atoms with Crippen molar-refractivity contribution in [3.63, 3.8) is 0 Å². The summed E-state index contributed by atoms with van der Waals surface area (Å²) in [7, 11) is 1.72. The van der Waals surface area contributed by atoms with Crippen LogP contribution in [-0.2, 0) is 0 Å². The Balaban J connectivity index is 1.61. The molecule has 0 radical (unpaired) electrons. The van der Waals surface area contributed by atoms with Crippen LogP contribution in [0.15, 0.2) is 24.3 Å². The van der Waals surface area contributed by atoms with Crippen LogP contribution >= 0.6 is 11.5 Å². The van der Waals surface area contributed by atoms with E-state index in [1.807, 2.05) is 6.07 Å². The number of ether oxygens (including phenoxy) is 1. The maximum Gasteiger partial charge on any atom is 0.205 e. The fourth-order valence-corrected chi connectivity index (χ4v) is 3.86. The first kappa shape index (κ1) is 13.1. The predicted molar refractivity (Wildman–Crippen MR) is 84.2 cm³/mol. The largest absolute Gasteiger partial charge is 0.497 e. The lowest BCUT2D eigenvalue weighted by Crippen LogP contribution is -2.22. The van der Waals surface area contributed by atoms with Crippen LogP contribution in [0.2, 0.25) is 0 Å². The molecule has 1 aliphatic heterocycles. The summed E-state index contributed by atoms with van der Waals surface area (Å²) in [6.45, 7) is 1.07. The Hall–Kier alpha value is -1.62. The minimum atomic E-state index is 0.403. The second-order valence-corrected chi connectivity index (χ2v) is 6.57. The number of nitrogens with zero attached hydrogens (tertiary/aromatic N) is 3. The number of benzene rings is 1. The van der Waals surface area contributed by atoms with E-state index in [4.69, 9.17) is 9.72 Å². The van der Waals surface area contributed by atoms with Crippen molar-refractivity contribution in [2.24, 2.45) is 0 Å². The molecule has 2 aromatic rings. The molecular formula is C16H19N3OS. The Morgan fingerprint density at radius 1 is 1.29 bits per heavy atom. The van der Waals surface area contributed by atoms with Crippen LogP contribution in [-0.4, -0.2) is 23.0 Å². The van der Waals surface area contributed by atoms with Crippen LogP contribution in [0.4, 0.5) is 5.13 Å². The topological polar surface area (TPSA) is 38.2 Å². The SMILES string of the molecule is COc1cccc(C2CCCN2c2nc(C3CC3)ns2)c1. The Kier molecular flexibility index (Phi) is 3.30. The maximum atomic E-state index is 5.36. The smallest absolute Gasteiger partial charge is 0.205 e. The summed E-state index contributed by atoms with van der Waals surface area (Å²) in [5.74, 6) is 2.62. The number of hydrogen-bond acceptors (Lipinski definition) is 5. The van der Waals surface area contributed by atoms with E-state index >= 15 is 0 Å². The summed E-state index contributed by atoms with van der Waals surface area (Å²) in [6.07, 6.45) is 4.90. The van der Waals surface area contributed by atoms with Crippen molar-refractivity contribution in [1.29, 1.82) is 0 Å². The molecule has 4 rings (SSSR count). The summed E-state index contributed by atoms with van der Waals surface area (Å²) in [5.41, 5.74) is 1.31. The average Bonchev–Trinajstić information content (AvgIpc) is 3.07. The zero-order valence-corrected chi connectivity index (χ0v) is 13.0. The summed E-state index contributed by atoms with van der Waals surface area (Å²) in [6, 6.07) is 8.81. The highest BCUT2D eigenvalue weighted by Crippen LogP contribution is 2.42. The molecule has 1 saturated carbocycles. The van der Waals surface area contributed by atoms with Gasteiger partial charge in [-0.1, -0.05) is 12.1 Å². The van der Waals surface area contributed by atoms with E-state index in [1.165, 1.54) is 31.2 Å². The monoisotopic (exact) mass is 301 g/mol. The lowest BCUT2D eigenvalue weighted by Gasteiger charge is -2.24. The van der Waals surface area contributed by atoms with Crippen molar-refractivity contribution in [2.45, 2.75) is 37.6 Å². The second-order valence-electron chi connectivity index (χ2n) is 5.84. The minimum Gasteiger partial charge on any atom is -0.497 e. The molecule has 2 heterocycles. The Labute approximate surface area is 128 Å². The van der Waals surface area contributed by atoms with Gasteiger partial charge in [-0.15, -0.1) is 0 Å². The van der Waals surface area contributed by atoms with Crippen LogP contribution in [0.25, 0.3) is 0 Å². The van der Waals surface area contributed by atoms with E-state index in [1.54, 1.807) is 18.6 Å². The number of aromatic nitrogens is 2. The zero-order valence-electron chi connectivity index (χ0n) is 12.2. The van der Waals surface area contributed by atoms with E-state index in [0.717, 1.165) is 23.3 Å². The standard InChI is InChI=1S/C16H19N3OS/c1-20-13-5-2-4-12(10-13)14-6-3-9-19(14)16-17-15(18-21-16)11-7-8-11/h2,4-5,10-11,14H,3,6-9H2,1H3. The van der Waals surface area contributed by atoms with Crippen molar-refractivity contribution in [2.75, 3.05) is 18.6 Å². The first-order valence-corrected chi connectivity index (χ1v) is 8.36. The maximum absolute atomic E-state index is 5.36. The molecule has 1 atom stereocenters. The minimum absolute atomic E-state index is 0.403. The molecule has 1 aromatic carbocycles. The summed E-state index contributed by atoms with van der Waals surface area (Å²) in [4.78, 5) is 7.19. The molecule has 2 aliphatic rings. The molecule has 4 nitrogen and oxygen atoms in total. The van der Waals surface area contributed by atoms with Gasteiger partial charge in [0.2, 0.25) is 5.13 Å². The second kappa shape index (κ2) is 5.30. The van der Waals surface area contributed by atoms with Crippen LogP contribution in [0.1, 0.15) is 49.0 Å². The zero-order chi connectivity index (χ0) is 14.2.